The molecule has 87 heavy (non-hydrogen) atoms. The maximum absolute atomic E-state index is 16.6. The fourth-order valence-electron chi connectivity index (χ4n) is 10.5. The van der Waals surface area contributed by atoms with Crippen molar-refractivity contribution in [1.29, 1.82) is 0 Å². The number of carbonyl (C=O) groups is 4. The highest BCUT2D eigenvalue weighted by atomic mass is 19.1. The molecule has 4 saturated heterocycles. The number of aromatic hydroxyl groups is 1. The molecule has 4 N–H and O–H groups in total. The van der Waals surface area contributed by atoms with Gasteiger partial charge in [0.15, 0.2) is 5.82 Å². The molecule has 0 saturated carbocycles. The zero-order valence-corrected chi connectivity index (χ0v) is 53.4. The molecular formula is C68H95F2N11O6. The summed E-state index contributed by atoms with van der Waals surface area (Å²) in [5, 5.41) is 21.5. The zero-order chi connectivity index (χ0) is 63.6. The summed E-state index contributed by atoms with van der Waals surface area (Å²) in [6.45, 7) is 27.2. The lowest BCUT2D eigenvalue weighted by Crippen LogP contribution is -2.51. The first kappa shape index (κ1) is 70.5. The first-order valence-corrected chi connectivity index (χ1v) is 30.9. The summed E-state index contributed by atoms with van der Waals surface area (Å²) in [6.07, 6.45) is 20.2. The number of phenols is 1. The number of likely N-dealkylation sites (N-methyl/N-ethyl adjacent to an activating group) is 1. The second-order valence-corrected chi connectivity index (χ2v) is 23.8. The molecule has 472 valence electrons. The molecule has 0 aliphatic carbocycles. The number of anilines is 1. The van der Waals surface area contributed by atoms with Crippen molar-refractivity contribution in [2.24, 2.45) is 10.4 Å². The van der Waals surface area contributed by atoms with Crippen molar-refractivity contribution in [3.05, 3.63) is 88.7 Å². The van der Waals surface area contributed by atoms with Crippen molar-refractivity contribution in [2.45, 2.75) is 157 Å². The molecule has 6 heterocycles. The van der Waals surface area contributed by atoms with Crippen molar-refractivity contribution < 1.29 is 37.8 Å². The van der Waals surface area contributed by atoms with Gasteiger partial charge in [-0.25, -0.2) is 8.78 Å². The number of aliphatic imine (C=N–C) groups is 1. The summed E-state index contributed by atoms with van der Waals surface area (Å²) in [4.78, 5) is 68.4. The Bertz CT molecular complexity index is 3110. The Morgan fingerprint density at radius 2 is 1.66 bits per heavy atom. The van der Waals surface area contributed by atoms with E-state index in [9.17, 15) is 28.7 Å². The number of terminal acetylenes is 1. The molecule has 17 nitrogen and oxygen atoms in total. The van der Waals surface area contributed by atoms with Gasteiger partial charge in [-0.3, -0.25) is 19.6 Å². The van der Waals surface area contributed by atoms with Crippen molar-refractivity contribution in [3.63, 3.8) is 0 Å². The standard InChI is InChI=1S/C33H35F2N7O2.C14H20N2.C12H23NO2.C6H9NO2.C3H8/c1-3-24-27(34)8-5-20-15-23(43)16-25(28(20)24)30-29(35)31-26(17-36-30)32(42-18-21-6-7-22(19-42)37-21)39-33(38-31)44-14-4-9-41-12-10-40(2)11-13-41;1-5-16-12(3)11(2)14-8-6-13(7-9-14)10-15-4;1-10(12(2,3)4)13-11(15)8-6-5-7-9-14;8-4-6-2-1-3-7(6)5-9;1-3-2/h1,5,8,15-17,21-22,37,43H,4,6-7,9-14,18-19H2,2H3;5-9,15H,10H2,1-4H3;9-10H,5-8H2,1-4H3,(H,13,15);4-6H,1-3H2;3H2,1-2H3/b;12-11+,16-5?;;;/t;;;6-;/m...0./s1. The van der Waals surface area contributed by atoms with Gasteiger partial charge >= 0.3 is 6.01 Å². The van der Waals surface area contributed by atoms with Crippen LogP contribution in [-0.2, 0) is 25.7 Å². The number of rotatable bonds is 19. The maximum atomic E-state index is 16.6. The number of nitrogens with one attached hydrogen (secondary N) is 3. The zero-order valence-electron chi connectivity index (χ0n) is 53.4. The summed E-state index contributed by atoms with van der Waals surface area (Å²) >= 11 is 0. The van der Waals surface area contributed by atoms with Crippen LogP contribution in [0, 0.1) is 29.4 Å². The highest BCUT2D eigenvalue weighted by Crippen LogP contribution is 2.39. The molecule has 3 aromatic carbocycles. The topological polar surface area (TPSA) is 198 Å². The van der Waals surface area contributed by atoms with E-state index >= 15 is 4.39 Å². The van der Waals surface area contributed by atoms with Gasteiger partial charge in [-0.15, -0.1) is 6.42 Å². The number of pyridine rings is 1. The number of hydrogen-bond donors (Lipinski definition) is 4. The molecule has 4 fully saturated rings. The van der Waals surface area contributed by atoms with Gasteiger partial charge in [0.05, 0.1) is 23.6 Å². The van der Waals surface area contributed by atoms with Crippen molar-refractivity contribution in [3.8, 4) is 35.4 Å². The number of phenolic OH excluding ortho intramolecular Hbond substituents is 1. The molecular weight excluding hydrogens is 1100 g/mol. The second-order valence-electron chi connectivity index (χ2n) is 23.8. The molecule has 3 unspecified atom stereocenters. The van der Waals surface area contributed by atoms with Crippen LogP contribution < -0.4 is 25.6 Å². The van der Waals surface area contributed by atoms with E-state index in [2.05, 4.69) is 124 Å². The third-order valence-corrected chi connectivity index (χ3v) is 16.0. The molecule has 2 bridgehead atoms. The molecule has 0 spiro atoms. The lowest BCUT2D eigenvalue weighted by Gasteiger charge is -2.34. The lowest BCUT2D eigenvalue weighted by atomic mass is 9.88. The molecule has 9 rings (SSSR count). The minimum Gasteiger partial charge on any atom is -0.508 e. The first-order valence-electron chi connectivity index (χ1n) is 30.9. The minimum absolute atomic E-state index is 0.0251. The van der Waals surface area contributed by atoms with E-state index in [1.165, 1.54) is 52.3 Å². The van der Waals surface area contributed by atoms with Gasteiger partial charge < -0.3 is 55.0 Å². The highest BCUT2D eigenvalue weighted by Gasteiger charge is 2.34. The van der Waals surface area contributed by atoms with Crippen LogP contribution in [-0.4, -0.2) is 163 Å². The number of aldehydes is 2. The SMILES string of the molecule is C#Cc1c(F)ccc2cc(O)cc(-c3ncc4c(N5CC6CCC(C5)N6)nc(OCCCN5CCN(C)CC5)nc4c3F)c12.CC(NC(=O)CCCCC=O)C(C)(C)C.CC=N/C(C)=C(\C)c1ccc(CNC)cc1.CCC.O=C[C@@H]1CCCN1C=O. The normalized spacial score (nSPS) is 18.1. The number of halogens is 2. The third-order valence-electron chi connectivity index (χ3n) is 16.0. The number of fused-ring (bicyclic) bond motifs is 4. The number of aromatic nitrogens is 3. The number of carbonyl (C=O) groups excluding carboxylic acids is 4. The third kappa shape index (κ3) is 21.0. The molecule has 5 aromatic rings. The van der Waals surface area contributed by atoms with Crippen molar-refractivity contribution in [2.75, 3.05) is 78.0 Å². The van der Waals surface area contributed by atoms with Gasteiger partial charge in [-0.2, -0.15) is 9.97 Å². The maximum Gasteiger partial charge on any atom is 0.319 e. The minimum atomic E-state index is -0.717. The fourth-order valence-corrected chi connectivity index (χ4v) is 10.5. The fraction of sp³-hybridized carbons (Fsp3) is 0.529. The predicted molar refractivity (Wildman–Crippen MR) is 347 cm³/mol. The van der Waals surface area contributed by atoms with Crippen molar-refractivity contribution >= 4 is 64.2 Å². The predicted octanol–water partition coefficient (Wildman–Crippen LogP) is 10.5. The second kappa shape index (κ2) is 35.5. The number of benzene rings is 3. The van der Waals surface area contributed by atoms with Gasteiger partial charge in [0.1, 0.15) is 41.2 Å². The molecule has 19 heteroatoms. The van der Waals surface area contributed by atoms with E-state index in [-0.39, 0.29) is 57.5 Å². The Morgan fingerprint density at radius 3 is 2.25 bits per heavy atom. The average molecular weight is 1200 g/mol. The van der Waals surface area contributed by atoms with Crippen molar-refractivity contribution in [1.82, 2.24) is 45.6 Å². The van der Waals surface area contributed by atoms with Gasteiger partial charge in [-0.05, 0) is 132 Å². The molecule has 4 atom stereocenters. The average Bonchev–Trinajstić information content (AvgIpc) is 1.83. The number of likely N-dealkylation sites (tertiary alicyclic amines) is 1. The summed E-state index contributed by atoms with van der Waals surface area (Å²) in [5.74, 6) is 1.60. The summed E-state index contributed by atoms with van der Waals surface area (Å²) in [6, 6.07) is 15.0. The van der Waals surface area contributed by atoms with Crippen LogP contribution in [0.5, 0.6) is 11.8 Å². The van der Waals surface area contributed by atoms with Gasteiger partial charge in [0, 0.05) is 119 Å². The Kier molecular flexibility index (Phi) is 28.8. The molecule has 4 aliphatic rings. The smallest absolute Gasteiger partial charge is 0.319 e. The largest absolute Gasteiger partial charge is 0.508 e. The van der Waals surface area contributed by atoms with Gasteiger partial charge in [-0.1, -0.05) is 77.3 Å². The summed E-state index contributed by atoms with van der Waals surface area (Å²) in [5.41, 5.74) is 5.06. The van der Waals surface area contributed by atoms with Crippen LogP contribution in [0.25, 0.3) is 38.5 Å². The number of nitrogens with zero attached hydrogens (tertiary/aromatic N) is 8. The number of ether oxygens (including phenoxy) is 1. The van der Waals surface area contributed by atoms with Crippen LogP contribution in [0.15, 0.2) is 65.4 Å². The molecule has 4 aliphatic heterocycles. The van der Waals surface area contributed by atoms with Crippen LogP contribution in [0.2, 0.25) is 0 Å². The van der Waals surface area contributed by atoms with Crippen LogP contribution in [0.3, 0.4) is 0 Å². The van der Waals surface area contributed by atoms with E-state index < -0.39 is 11.6 Å². The van der Waals surface area contributed by atoms with Crippen LogP contribution in [0.4, 0.5) is 14.6 Å². The molecule has 2 amide bonds. The van der Waals surface area contributed by atoms with E-state index in [1.807, 2.05) is 34.0 Å². The Balaban J connectivity index is 0.000000261. The van der Waals surface area contributed by atoms with E-state index in [0.29, 0.717) is 53.5 Å². The van der Waals surface area contributed by atoms with Crippen LogP contribution >= 0.6 is 0 Å². The van der Waals surface area contributed by atoms with E-state index in [0.717, 1.165) is 129 Å². The van der Waals surface area contributed by atoms with Gasteiger partial charge in [0.25, 0.3) is 0 Å². The number of allylic oxidation sites excluding steroid dienone is 2. The number of unbranched alkanes of at least 4 members (excludes halogenated alkanes) is 2. The van der Waals surface area contributed by atoms with E-state index in [4.69, 9.17) is 16.1 Å². The Hall–Kier alpha value is -7.24. The highest BCUT2D eigenvalue weighted by molar-refractivity contribution is 6.03. The number of piperazine rings is 2. The Morgan fingerprint density at radius 1 is 0.966 bits per heavy atom. The number of amides is 2. The van der Waals surface area contributed by atoms with Crippen LogP contribution in [0.1, 0.15) is 143 Å². The molecule has 0 radical (unpaired) electrons. The first-order chi connectivity index (χ1) is 41.7. The molecule has 2 aromatic heterocycles. The quantitative estimate of drug-likeness (QED) is 0.0264. The summed E-state index contributed by atoms with van der Waals surface area (Å²) < 4.78 is 37.5. The Labute approximate surface area is 515 Å². The monoisotopic (exact) mass is 1200 g/mol. The summed E-state index contributed by atoms with van der Waals surface area (Å²) in [7, 11) is 4.09. The number of hydrogen-bond acceptors (Lipinski definition) is 15. The van der Waals surface area contributed by atoms with Gasteiger partial charge in [0.2, 0.25) is 12.3 Å². The lowest BCUT2D eigenvalue weighted by molar-refractivity contribution is -0.123. The van der Waals surface area contributed by atoms with E-state index in [1.54, 1.807) is 6.20 Å².